The summed E-state index contributed by atoms with van der Waals surface area (Å²) in [6, 6.07) is 10.2. The molecule has 0 atom stereocenters. The van der Waals surface area contributed by atoms with E-state index in [0.717, 1.165) is 34.2 Å². The number of hydrogen-bond acceptors (Lipinski definition) is 3. The summed E-state index contributed by atoms with van der Waals surface area (Å²) in [7, 11) is 1.99. The van der Waals surface area contributed by atoms with Gasteiger partial charge in [-0.15, -0.1) is 0 Å². The molecule has 0 fully saturated rings. The maximum atomic E-state index is 4.68. The minimum absolute atomic E-state index is 0.879. The van der Waals surface area contributed by atoms with Crippen LogP contribution in [0.3, 0.4) is 0 Å². The second-order valence-corrected chi connectivity index (χ2v) is 5.28. The lowest BCUT2D eigenvalue weighted by atomic mass is 10.2. The molecule has 0 N–H and O–H groups in total. The fourth-order valence-corrected chi connectivity index (χ4v) is 2.25. The molecule has 0 radical (unpaired) electrons. The van der Waals surface area contributed by atoms with Gasteiger partial charge in [0.05, 0.1) is 22.8 Å². The summed E-state index contributed by atoms with van der Waals surface area (Å²) in [6.07, 6.45) is 7.75. The lowest BCUT2D eigenvalue weighted by Crippen LogP contribution is -1.94. The minimum atomic E-state index is 0.879. The number of rotatable bonds is 3. The molecule has 3 aromatic rings. The van der Waals surface area contributed by atoms with Crippen LogP contribution in [0.2, 0.25) is 0 Å². The highest BCUT2D eigenvalue weighted by molar-refractivity contribution is 5.68. The molecule has 110 valence electrons. The van der Waals surface area contributed by atoms with Crippen LogP contribution >= 0.6 is 0 Å². The Morgan fingerprint density at radius 3 is 2.55 bits per heavy atom. The van der Waals surface area contributed by atoms with Crippen LogP contribution < -0.4 is 0 Å². The van der Waals surface area contributed by atoms with Crippen molar-refractivity contribution in [2.24, 2.45) is 7.05 Å². The molecule has 0 spiro atoms. The van der Waals surface area contributed by atoms with E-state index in [2.05, 4.69) is 27.1 Å². The van der Waals surface area contributed by atoms with Crippen molar-refractivity contribution in [2.45, 2.75) is 13.8 Å². The lowest BCUT2D eigenvalue weighted by molar-refractivity contribution is 0.898. The van der Waals surface area contributed by atoms with Gasteiger partial charge in [-0.25, -0.2) is 4.98 Å². The molecule has 0 aliphatic heterocycles. The summed E-state index contributed by atoms with van der Waals surface area (Å²) in [6.45, 7) is 3.90. The van der Waals surface area contributed by atoms with E-state index in [9.17, 15) is 0 Å². The SMILES string of the molecule is Cc1cnc(C)c(/C=C/c2nc(-c3ccccc3)cn2C)n1. The predicted molar refractivity (Wildman–Crippen MR) is 89.1 cm³/mol. The predicted octanol–water partition coefficient (Wildman–Crippen LogP) is 3.66. The molecule has 0 bridgehead atoms. The normalized spacial score (nSPS) is 11.2. The van der Waals surface area contributed by atoms with Crippen molar-refractivity contribution >= 4 is 12.2 Å². The van der Waals surface area contributed by atoms with E-state index in [4.69, 9.17) is 0 Å². The summed E-state index contributed by atoms with van der Waals surface area (Å²) in [5.74, 6) is 0.890. The quantitative estimate of drug-likeness (QED) is 0.739. The molecule has 0 saturated carbocycles. The van der Waals surface area contributed by atoms with Crippen molar-refractivity contribution in [1.29, 1.82) is 0 Å². The maximum Gasteiger partial charge on any atom is 0.133 e. The maximum absolute atomic E-state index is 4.68. The van der Waals surface area contributed by atoms with E-state index in [0.29, 0.717) is 0 Å². The number of hydrogen-bond donors (Lipinski definition) is 0. The number of aryl methyl sites for hydroxylation is 3. The van der Waals surface area contributed by atoms with Crippen molar-refractivity contribution in [3.05, 3.63) is 65.6 Å². The lowest BCUT2D eigenvalue weighted by Gasteiger charge is -1.99. The molecule has 4 heteroatoms. The molecule has 0 aliphatic rings. The molecular formula is C18H18N4. The van der Waals surface area contributed by atoms with E-state index in [1.165, 1.54) is 0 Å². The molecule has 2 heterocycles. The number of benzene rings is 1. The zero-order valence-corrected chi connectivity index (χ0v) is 13.0. The molecule has 4 nitrogen and oxygen atoms in total. The first kappa shape index (κ1) is 14.2. The molecule has 3 rings (SSSR count). The highest BCUT2D eigenvalue weighted by Crippen LogP contribution is 2.18. The highest BCUT2D eigenvalue weighted by Gasteiger charge is 2.05. The van der Waals surface area contributed by atoms with Gasteiger partial charge in [0.2, 0.25) is 0 Å². The summed E-state index contributed by atoms with van der Waals surface area (Å²) in [4.78, 5) is 13.5. The Bertz CT molecular complexity index is 816. The minimum Gasteiger partial charge on any atom is -0.334 e. The molecular weight excluding hydrogens is 272 g/mol. The van der Waals surface area contributed by atoms with E-state index in [-0.39, 0.29) is 0 Å². The summed E-state index contributed by atoms with van der Waals surface area (Å²) >= 11 is 0. The Balaban J connectivity index is 1.91. The fourth-order valence-electron chi connectivity index (χ4n) is 2.25. The Morgan fingerprint density at radius 1 is 1.00 bits per heavy atom. The number of imidazole rings is 1. The van der Waals surface area contributed by atoms with Crippen LogP contribution in [0.4, 0.5) is 0 Å². The van der Waals surface area contributed by atoms with Crippen LogP contribution in [0.25, 0.3) is 23.4 Å². The third kappa shape index (κ3) is 2.96. The van der Waals surface area contributed by atoms with Crippen LogP contribution in [0.15, 0.2) is 42.7 Å². The van der Waals surface area contributed by atoms with Crippen molar-refractivity contribution in [3.63, 3.8) is 0 Å². The first-order chi connectivity index (χ1) is 10.6. The van der Waals surface area contributed by atoms with Gasteiger partial charge in [0.25, 0.3) is 0 Å². The molecule has 1 aromatic carbocycles. The van der Waals surface area contributed by atoms with Gasteiger partial charge < -0.3 is 4.57 Å². The molecule has 0 saturated heterocycles. The van der Waals surface area contributed by atoms with Gasteiger partial charge in [0.1, 0.15) is 5.82 Å². The van der Waals surface area contributed by atoms with Crippen LogP contribution in [-0.4, -0.2) is 19.5 Å². The average Bonchev–Trinajstić information content (AvgIpc) is 2.90. The number of aromatic nitrogens is 4. The summed E-state index contributed by atoms with van der Waals surface area (Å²) < 4.78 is 2.01. The van der Waals surface area contributed by atoms with Crippen LogP contribution in [-0.2, 0) is 7.05 Å². The standard InChI is InChI=1S/C18H18N4/c1-13-11-19-14(2)16(20-13)9-10-18-21-17(12-22(18)3)15-7-5-4-6-8-15/h4-12H,1-3H3/b10-9+. The van der Waals surface area contributed by atoms with E-state index in [1.807, 2.05) is 62.0 Å². The average molecular weight is 290 g/mol. The van der Waals surface area contributed by atoms with E-state index < -0.39 is 0 Å². The Hall–Kier alpha value is -2.75. The molecule has 22 heavy (non-hydrogen) atoms. The zero-order chi connectivity index (χ0) is 15.5. The fraction of sp³-hybridized carbons (Fsp3) is 0.167. The van der Waals surface area contributed by atoms with Gasteiger partial charge in [0, 0.05) is 25.0 Å². The summed E-state index contributed by atoms with van der Waals surface area (Å²) in [5.41, 5.74) is 4.79. The van der Waals surface area contributed by atoms with Crippen LogP contribution in [0, 0.1) is 13.8 Å². The third-order valence-electron chi connectivity index (χ3n) is 3.48. The molecule has 0 aliphatic carbocycles. The van der Waals surface area contributed by atoms with Crippen LogP contribution in [0.5, 0.6) is 0 Å². The third-order valence-corrected chi connectivity index (χ3v) is 3.48. The topological polar surface area (TPSA) is 43.6 Å². The van der Waals surface area contributed by atoms with Crippen molar-refractivity contribution < 1.29 is 0 Å². The van der Waals surface area contributed by atoms with Gasteiger partial charge >= 0.3 is 0 Å². The van der Waals surface area contributed by atoms with Crippen LogP contribution in [0.1, 0.15) is 22.9 Å². The second-order valence-electron chi connectivity index (χ2n) is 5.28. The molecule has 0 amide bonds. The Labute approximate surface area is 130 Å². The molecule has 0 unspecified atom stereocenters. The van der Waals surface area contributed by atoms with Gasteiger partial charge in [0.15, 0.2) is 0 Å². The first-order valence-electron chi connectivity index (χ1n) is 7.20. The Kier molecular flexibility index (Phi) is 3.83. The van der Waals surface area contributed by atoms with Gasteiger partial charge in [-0.2, -0.15) is 0 Å². The zero-order valence-electron chi connectivity index (χ0n) is 13.0. The van der Waals surface area contributed by atoms with Crippen molar-refractivity contribution in [3.8, 4) is 11.3 Å². The highest BCUT2D eigenvalue weighted by atomic mass is 15.0. The molecule has 2 aromatic heterocycles. The Morgan fingerprint density at radius 2 is 1.77 bits per heavy atom. The van der Waals surface area contributed by atoms with Crippen molar-refractivity contribution in [1.82, 2.24) is 19.5 Å². The monoisotopic (exact) mass is 290 g/mol. The van der Waals surface area contributed by atoms with E-state index >= 15 is 0 Å². The van der Waals surface area contributed by atoms with Gasteiger partial charge in [-0.05, 0) is 26.0 Å². The van der Waals surface area contributed by atoms with Crippen molar-refractivity contribution in [2.75, 3.05) is 0 Å². The van der Waals surface area contributed by atoms with E-state index in [1.54, 1.807) is 6.20 Å². The first-order valence-corrected chi connectivity index (χ1v) is 7.20. The second kappa shape index (κ2) is 5.93. The van der Waals surface area contributed by atoms with Gasteiger partial charge in [-0.1, -0.05) is 30.3 Å². The van der Waals surface area contributed by atoms with Gasteiger partial charge in [-0.3, -0.25) is 9.97 Å². The largest absolute Gasteiger partial charge is 0.334 e. The number of nitrogens with zero attached hydrogens (tertiary/aromatic N) is 4. The summed E-state index contributed by atoms with van der Waals surface area (Å²) in [5, 5.41) is 0. The smallest absolute Gasteiger partial charge is 0.133 e.